The molecule has 2 N–H and O–H groups in total. The summed E-state index contributed by atoms with van der Waals surface area (Å²) in [5, 5.41) is 4.80. The number of H-pyrrole nitrogens is 1. The van der Waals surface area contributed by atoms with Crippen LogP contribution in [-0.2, 0) is 11.3 Å². The fourth-order valence-electron chi connectivity index (χ4n) is 2.03. The van der Waals surface area contributed by atoms with Crippen molar-refractivity contribution in [2.75, 3.05) is 13.2 Å². The fourth-order valence-corrected chi connectivity index (χ4v) is 2.03. The van der Waals surface area contributed by atoms with Crippen LogP contribution in [0, 0.1) is 0 Å². The first kappa shape index (κ1) is 9.87. The van der Waals surface area contributed by atoms with Crippen LogP contribution in [0.25, 0.3) is 10.9 Å². The van der Waals surface area contributed by atoms with Gasteiger partial charge in [-0.05, 0) is 30.0 Å². The van der Waals surface area contributed by atoms with E-state index < -0.39 is 0 Å². The van der Waals surface area contributed by atoms with Crippen molar-refractivity contribution in [1.29, 1.82) is 0 Å². The molecule has 0 amide bonds. The molecule has 0 atom stereocenters. The molecular weight excluding hydrogens is 200 g/mol. The summed E-state index contributed by atoms with van der Waals surface area (Å²) in [5.74, 6) is 0. The molecule has 0 bridgehead atoms. The molecule has 3 nitrogen and oxygen atoms in total. The normalized spacial score (nSPS) is 18.6. The zero-order valence-corrected chi connectivity index (χ0v) is 9.42. The molecule has 1 aromatic heterocycles. The van der Waals surface area contributed by atoms with Crippen molar-refractivity contribution in [3.05, 3.63) is 36.0 Å². The molecule has 0 unspecified atom stereocenters. The van der Waals surface area contributed by atoms with E-state index in [4.69, 9.17) is 4.74 Å². The number of ether oxygens (including phenoxy) is 1. The lowest BCUT2D eigenvalue weighted by atomic mass is 10.00. The second-order valence-electron chi connectivity index (χ2n) is 4.81. The minimum atomic E-state index is 0.171. The minimum absolute atomic E-state index is 0.171. The second kappa shape index (κ2) is 3.61. The number of hydrogen-bond acceptors (Lipinski definition) is 2. The van der Waals surface area contributed by atoms with E-state index in [-0.39, 0.29) is 5.54 Å². The maximum Gasteiger partial charge on any atom is 0.0669 e. The summed E-state index contributed by atoms with van der Waals surface area (Å²) >= 11 is 0. The van der Waals surface area contributed by atoms with Crippen molar-refractivity contribution in [3.63, 3.8) is 0 Å². The van der Waals surface area contributed by atoms with Gasteiger partial charge in [0, 0.05) is 18.3 Å². The van der Waals surface area contributed by atoms with Crippen molar-refractivity contribution < 1.29 is 4.74 Å². The quantitative estimate of drug-likeness (QED) is 0.824. The summed E-state index contributed by atoms with van der Waals surface area (Å²) in [5.41, 5.74) is 2.68. The maximum absolute atomic E-state index is 5.22. The zero-order valence-electron chi connectivity index (χ0n) is 9.42. The Balaban J connectivity index is 1.73. The monoisotopic (exact) mass is 216 g/mol. The summed E-state index contributed by atoms with van der Waals surface area (Å²) in [6, 6.07) is 8.62. The van der Waals surface area contributed by atoms with Crippen LogP contribution in [0.15, 0.2) is 30.5 Å². The van der Waals surface area contributed by atoms with Gasteiger partial charge in [-0.2, -0.15) is 0 Å². The molecule has 3 heteroatoms. The number of rotatable bonds is 3. The van der Waals surface area contributed by atoms with E-state index in [9.17, 15) is 0 Å². The highest BCUT2D eigenvalue weighted by molar-refractivity contribution is 5.79. The van der Waals surface area contributed by atoms with E-state index in [1.54, 1.807) is 0 Å². The highest BCUT2D eigenvalue weighted by Gasteiger charge is 2.32. The van der Waals surface area contributed by atoms with E-state index in [2.05, 4.69) is 41.5 Å². The van der Waals surface area contributed by atoms with E-state index in [0.717, 1.165) is 19.8 Å². The van der Waals surface area contributed by atoms with Crippen LogP contribution in [0.2, 0.25) is 0 Å². The number of aromatic nitrogens is 1. The number of hydrogen-bond donors (Lipinski definition) is 2. The van der Waals surface area contributed by atoms with Gasteiger partial charge in [0.2, 0.25) is 0 Å². The average Bonchev–Trinajstić information content (AvgIpc) is 2.70. The van der Waals surface area contributed by atoms with Gasteiger partial charge in [0.05, 0.1) is 18.8 Å². The molecule has 0 spiro atoms. The lowest BCUT2D eigenvalue weighted by Crippen LogP contribution is -2.57. The van der Waals surface area contributed by atoms with E-state index in [0.29, 0.717) is 0 Å². The third-order valence-corrected chi connectivity index (χ3v) is 3.18. The summed E-state index contributed by atoms with van der Waals surface area (Å²) in [7, 11) is 0. The SMILES string of the molecule is CC1(NCc2ccc3cc[nH]c3c2)COC1. The molecule has 1 aliphatic heterocycles. The van der Waals surface area contributed by atoms with Crippen molar-refractivity contribution in [3.8, 4) is 0 Å². The first-order chi connectivity index (χ1) is 7.75. The van der Waals surface area contributed by atoms with Crippen LogP contribution in [0.4, 0.5) is 0 Å². The van der Waals surface area contributed by atoms with Gasteiger partial charge in [-0.15, -0.1) is 0 Å². The Hall–Kier alpha value is -1.32. The first-order valence-electron chi connectivity index (χ1n) is 5.64. The Kier molecular flexibility index (Phi) is 2.23. The molecule has 16 heavy (non-hydrogen) atoms. The fraction of sp³-hybridized carbons (Fsp3) is 0.385. The highest BCUT2D eigenvalue weighted by Crippen LogP contribution is 2.18. The van der Waals surface area contributed by atoms with Crippen LogP contribution < -0.4 is 5.32 Å². The molecular formula is C13H16N2O. The Labute approximate surface area is 94.8 Å². The molecule has 1 aromatic carbocycles. The smallest absolute Gasteiger partial charge is 0.0669 e. The van der Waals surface area contributed by atoms with Crippen LogP contribution in [0.1, 0.15) is 12.5 Å². The second-order valence-corrected chi connectivity index (χ2v) is 4.81. The van der Waals surface area contributed by atoms with Gasteiger partial charge in [0.15, 0.2) is 0 Å². The first-order valence-corrected chi connectivity index (χ1v) is 5.64. The largest absolute Gasteiger partial charge is 0.377 e. The van der Waals surface area contributed by atoms with Crippen LogP contribution in [0.3, 0.4) is 0 Å². The molecule has 3 rings (SSSR count). The topological polar surface area (TPSA) is 37.0 Å². The molecule has 0 radical (unpaired) electrons. The van der Waals surface area contributed by atoms with E-state index in [1.165, 1.54) is 16.5 Å². The van der Waals surface area contributed by atoms with E-state index in [1.807, 2.05) is 6.20 Å². The van der Waals surface area contributed by atoms with Gasteiger partial charge in [-0.25, -0.2) is 0 Å². The molecule has 0 aliphatic carbocycles. The molecule has 1 saturated heterocycles. The van der Waals surface area contributed by atoms with E-state index >= 15 is 0 Å². The van der Waals surface area contributed by atoms with Gasteiger partial charge >= 0.3 is 0 Å². The summed E-state index contributed by atoms with van der Waals surface area (Å²) in [4.78, 5) is 3.23. The summed E-state index contributed by atoms with van der Waals surface area (Å²) in [6.45, 7) is 4.73. The molecule has 84 valence electrons. The Bertz CT molecular complexity index is 499. The Morgan fingerprint density at radius 1 is 1.38 bits per heavy atom. The standard InChI is InChI=1S/C13H16N2O/c1-13(8-16-9-13)15-7-10-2-3-11-4-5-14-12(11)6-10/h2-6,14-15H,7-9H2,1H3. The minimum Gasteiger partial charge on any atom is -0.377 e. The predicted molar refractivity (Wildman–Crippen MR) is 64.4 cm³/mol. The molecule has 1 aliphatic rings. The van der Waals surface area contributed by atoms with Gasteiger partial charge < -0.3 is 15.0 Å². The number of aromatic amines is 1. The third kappa shape index (κ3) is 1.72. The highest BCUT2D eigenvalue weighted by atomic mass is 16.5. The Morgan fingerprint density at radius 3 is 3.00 bits per heavy atom. The number of fused-ring (bicyclic) bond motifs is 1. The number of nitrogens with one attached hydrogen (secondary N) is 2. The Morgan fingerprint density at radius 2 is 2.25 bits per heavy atom. The van der Waals surface area contributed by atoms with Crippen LogP contribution >= 0.6 is 0 Å². The van der Waals surface area contributed by atoms with Gasteiger partial charge in [-0.3, -0.25) is 0 Å². The van der Waals surface area contributed by atoms with Crippen LogP contribution in [-0.4, -0.2) is 23.7 Å². The van der Waals surface area contributed by atoms with Crippen LogP contribution in [0.5, 0.6) is 0 Å². The lowest BCUT2D eigenvalue weighted by molar-refractivity contribution is -0.0649. The average molecular weight is 216 g/mol. The van der Waals surface area contributed by atoms with Gasteiger partial charge in [0.1, 0.15) is 0 Å². The lowest BCUT2D eigenvalue weighted by Gasteiger charge is -2.39. The summed E-state index contributed by atoms with van der Waals surface area (Å²) < 4.78 is 5.22. The van der Waals surface area contributed by atoms with Gasteiger partial charge in [0.25, 0.3) is 0 Å². The van der Waals surface area contributed by atoms with Crippen molar-refractivity contribution in [2.24, 2.45) is 0 Å². The van der Waals surface area contributed by atoms with Crippen molar-refractivity contribution >= 4 is 10.9 Å². The molecule has 0 saturated carbocycles. The third-order valence-electron chi connectivity index (χ3n) is 3.18. The number of benzene rings is 1. The van der Waals surface area contributed by atoms with Crippen molar-refractivity contribution in [1.82, 2.24) is 10.3 Å². The van der Waals surface area contributed by atoms with Crippen molar-refractivity contribution in [2.45, 2.75) is 19.0 Å². The zero-order chi connectivity index (χ0) is 11.0. The maximum atomic E-state index is 5.22. The van der Waals surface area contributed by atoms with Gasteiger partial charge in [-0.1, -0.05) is 12.1 Å². The molecule has 2 aromatic rings. The molecule has 1 fully saturated rings. The summed E-state index contributed by atoms with van der Waals surface area (Å²) in [6.07, 6.45) is 1.98. The molecule has 2 heterocycles. The predicted octanol–water partition coefficient (Wildman–Crippen LogP) is 2.05.